The third-order valence-electron chi connectivity index (χ3n) is 5.70. The number of hydrogen-bond acceptors (Lipinski definition) is 7. The molecule has 2 heterocycles. The van der Waals surface area contributed by atoms with E-state index in [9.17, 15) is 22.8 Å². The van der Waals surface area contributed by atoms with Crippen molar-refractivity contribution in [2.75, 3.05) is 19.8 Å². The van der Waals surface area contributed by atoms with Crippen molar-refractivity contribution in [1.82, 2.24) is 4.57 Å². The zero-order chi connectivity index (χ0) is 29.0. The first kappa shape index (κ1) is 29.2. The summed E-state index contributed by atoms with van der Waals surface area (Å²) in [5, 5.41) is 0.333. The summed E-state index contributed by atoms with van der Waals surface area (Å²) < 4.78 is 60.1. The second-order valence-corrected chi connectivity index (χ2v) is 9.80. The van der Waals surface area contributed by atoms with E-state index in [-0.39, 0.29) is 28.1 Å². The van der Waals surface area contributed by atoms with E-state index in [4.69, 9.17) is 25.8 Å². The van der Waals surface area contributed by atoms with Gasteiger partial charge in [0.25, 0.3) is 5.56 Å². The molecule has 1 aliphatic rings. The van der Waals surface area contributed by atoms with Crippen LogP contribution in [0.5, 0.6) is 11.5 Å². The van der Waals surface area contributed by atoms with Crippen LogP contribution in [0, 0.1) is 0 Å². The second kappa shape index (κ2) is 12.1. The number of allylic oxidation sites excluding steroid dienone is 1. The number of alkyl halides is 3. The van der Waals surface area contributed by atoms with E-state index in [1.165, 1.54) is 37.3 Å². The fourth-order valence-electron chi connectivity index (χ4n) is 4.10. The molecule has 1 aromatic heterocycles. The van der Waals surface area contributed by atoms with E-state index in [2.05, 4.69) is 11.6 Å². The summed E-state index contributed by atoms with van der Waals surface area (Å²) in [6.07, 6.45) is -1.89. The number of hydrogen-bond donors (Lipinski definition) is 0. The van der Waals surface area contributed by atoms with E-state index in [0.29, 0.717) is 28.7 Å². The number of carbonyl (C=O) groups is 1. The number of halogens is 4. The SMILES string of the molecule is C=CCOc1ccc(/C=c2\sc3n(c2=O)[C@@H](c2ccc(Cl)cc2)C(C(=O)OCC)=C(C(F)(F)F)N=3)cc1OCC. The van der Waals surface area contributed by atoms with Crippen molar-refractivity contribution in [1.29, 1.82) is 0 Å². The molecule has 3 aromatic rings. The molecule has 0 saturated heterocycles. The Hall–Kier alpha value is -3.83. The largest absolute Gasteiger partial charge is 0.490 e. The average Bonchev–Trinajstić information content (AvgIpc) is 3.22. The Morgan fingerprint density at radius 1 is 1.12 bits per heavy atom. The van der Waals surface area contributed by atoms with E-state index in [0.717, 1.165) is 15.9 Å². The highest BCUT2D eigenvalue weighted by Crippen LogP contribution is 2.38. The van der Waals surface area contributed by atoms with E-state index < -0.39 is 35.0 Å². The lowest BCUT2D eigenvalue weighted by atomic mass is 9.95. The Morgan fingerprint density at radius 3 is 2.48 bits per heavy atom. The van der Waals surface area contributed by atoms with Gasteiger partial charge in [-0.1, -0.05) is 53.8 Å². The minimum atomic E-state index is -4.99. The molecular weight excluding hydrogens is 569 g/mol. The molecular formula is C28H24ClF3N2O5S. The van der Waals surface area contributed by atoms with E-state index in [1.807, 2.05) is 0 Å². The van der Waals surface area contributed by atoms with Gasteiger partial charge >= 0.3 is 12.1 Å². The summed E-state index contributed by atoms with van der Waals surface area (Å²) in [7, 11) is 0. The Kier molecular flexibility index (Phi) is 8.85. The summed E-state index contributed by atoms with van der Waals surface area (Å²) >= 11 is 6.78. The van der Waals surface area contributed by atoms with Crippen LogP contribution < -0.4 is 24.4 Å². The van der Waals surface area contributed by atoms with Gasteiger partial charge in [0, 0.05) is 5.02 Å². The van der Waals surface area contributed by atoms with Crippen LogP contribution in [0.3, 0.4) is 0 Å². The predicted molar refractivity (Wildman–Crippen MR) is 146 cm³/mol. The fourth-order valence-corrected chi connectivity index (χ4v) is 5.23. The number of fused-ring (bicyclic) bond motifs is 1. The second-order valence-electron chi connectivity index (χ2n) is 8.35. The maximum atomic E-state index is 14.2. The van der Waals surface area contributed by atoms with Crippen LogP contribution in [0.25, 0.3) is 6.08 Å². The summed E-state index contributed by atoms with van der Waals surface area (Å²) in [5.74, 6) is -0.324. The third kappa shape index (κ3) is 6.00. The van der Waals surface area contributed by atoms with Crippen molar-refractivity contribution in [3.8, 4) is 11.5 Å². The van der Waals surface area contributed by atoms with Gasteiger partial charge in [0.15, 0.2) is 22.0 Å². The number of nitrogens with zero attached hydrogens (tertiary/aromatic N) is 2. The Labute approximate surface area is 236 Å². The first-order valence-electron chi connectivity index (χ1n) is 12.1. The van der Waals surface area contributed by atoms with Crippen LogP contribution in [0.4, 0.5) is 13.2 Å². The third-order valence-corrected chi connectivity index (χ3v) is 6.94. The molecule has 0 fully saturated rings. The lowest BCUT2D eigenvalue weighted by Gasteiger charge is -2.26. The summed E-state index contributed by atoms with van der Waals surface area (Å²) in [4.78, 5) is 30.1. The lowest BCUT2D eigenvalue weighted by Crippen LogP contribution is -2.41. The highest BCUT2D eigenvalue weighted by molar-refractivity contribution is 7.07. The molecule has 0 amide bonds. The van der Waals surface area contributed by atoms with Gasteiger partial charge in [-0.3, -0.25) is 9.36 Å². The molecule has 0 bridgehead atoms. The molecule has 1 aliphatic heterocycles. The maximum absolute atomic E-state index is 14.2. The van der Waals surface area contributed by atoms with Crippen molar-refractivity contribution in [3.63, 3.8) is 0 Å². The van der Waals surface area contributed by atoms with E-state index >= 15 is 0 Å². The molecule has 0 spiro atoms. The van der Waals surface area contributed by atoms with Crippen molar-refractivity contribution in [2.45, 2.75) is 26.1 Å². The number of ether oxygens (including phenoxy) is 3. The molecule has 4 rings (SSSR count). The lowest BCUT2D eigenvalue weighted by molar-refractivity contribution is -0.140. The van der Waals surface area contributed by atoms with Gasteiger partial charge in [-0.2, -0.15) is 13.2 Å². The summed E-state index contributed by atoms with van der Waals surface area (Å²) in [6.45, 7) is 7.34. The highest BCUT2D eigenvalue weighted by atomic mass is 35.5. The quantitative estimate of drug-likeness (QED) is 0.259. The van der Waals surface area contributed by atoms with Crippen LogP contribution in [0.1, 0.15) is 31.0 Å². The van der Waals surface area contributed by atoms with Crippen molar-refractivity contribution in [2.24, 2.45) is 4.99 Å². The van der Waals surface area contributed by atoms with Crippen molar-refractivity contribution < 1.29 is 32.2 Å². The van der Waals surface area contributed by atoms with Crippen LogP contribution in [0.15, 0.2) is 76.2 Å². The topological polar surface area (TPSA) is 79.1 Å². The van der Waals surface area contributed by atoms with Gasteiger partial charge in [0.05, 0.1) is 29.4 Å². The minimum Gasteiger partial charge on any atom is -0.490 e. The Bertz CT molecular complexity index is 1640. The van der Waals surface area contributed by atoms with Crippen LogP contribution >= 0.6 is 22.9 Å². The number of aromatic nitrogens is 1. The molecule has 0 saturated carbocycles. The molecule has 7 nitrogen and oxygen atoms in total. The molecule has 12 heteroatoms. The first-order chi connectivity index (χ1) is 19.1. The molecule has 0 aliphatic carbocycles. The Balaban J connectivity index is 1.96. The summed E-state index contributed by atoms with van der Waals surface area (Å²) in [6, 6.07) is 9.40. The zero-order valence-electron chi connectivity index (χ0n) is 21.5. The normalized spacial score (nSPS) is 15.3. The van der Waals surface area contributed by atoms with Crippen LogP contribution in [-0.2, 0) is 9.53 Å². The van der Waals surface area contributed by atoms with E-state index in [1.54, 1.807) is 31.2 Å². The molecule has 0 radical (unpaired) electrons. The van der Waals surface area contributed by atoms with Crippen LogP contribution in [-0.4, -0.2) is 36.5 Å². The van der Waals surface area contributed by atoms with Gasteiger partial charge in [-0.25, -0.2) is 9.79 Å². The molecule has 40 heavy (non-hydrogen) atoms. The number of carbonyl (C=O) groups excluding carboxylic acids is 1. The van der Waals surface area contributed by atoms with Crippen LogP contribution in [0.2, 0.25) is 5.02 Å². The number of rotatable bonds is 9. The van der Waals surface area contributed by atoms with Crippen molar-refractivity contribution >= 4 is 35.0 Å². The first-order valence-corrected chi connectivity index (χ1v) is 13.3. The number of esters is 1. The predicted octanol–water partition coefficient (Wildman–Crippen LogP) is 4.96. The average molecular weight is 593 g/mol. The monoisotopic (exact) mass is 592 g/mol. The van der Waals surface area contributed by atoms with Gasteiger partial charge in [0.1, 0.15) is 6.61 Å². The van der Waals surface area contributed by atoms with Gasteiger partial charge in [-0.05, 0) is 55.3 Å². The zero-order valence-corrected chi connectivity index (χ0v) is 23.0. The minimum absolute atomic E-state index is 0.103. The maximum Gasteiger partial charge on any atom is 0.434 e. The molecule has 2 aromatic carbocycles. The smallest absolute Gasteiger partial charge is 0.434 e. The Morgan fingerprint density at radius 2 is 1.85 bits per heavy atom. The van der Waals surface area contributed by atoms with Crippen molar-refractivity contribution in [3.05, 3.63) is 102 Å². The van der Waals surface area contributed by atoms with Gasteiger partial charge in [-0.15, -0.1) is 0 Å². The molecule has 0 unspecified atom stereocenters. The molecule has 0 N–H and O–H groups in total. The summed E-state index contributed by atoms with van der Waals surface area (Å²) in [5.41, 5.74) is -2.04. The molecule has 210 valence electrons. The number of benzene rings is 2. The highest BCUT2D eigenvalue weighted by Gasteiger charge is 2.45. The van der Waals surface area contributed by atoms with Gasteiger partial charge in [0.2, 0.25) is 0 Å². The fraction of sp³-hybridized carbons (Fsp3) is 0.250. The standard InChI is InChI=1S/C28H24ClF3N2O5S/c1-4-13-39-19-12-7-16(14-20(19)37-5-2)15-21-25(35)34-23(17-8-10-18(29)11-9-17)22(26(36)38-6-3)24(28(30,31)32)33-27(34)40-21/h4,7-12,14-15,23H,1,5-6,13H2,2-3H3/b21-15-/t23-/m0/s1. The molecule has 1 atom stereocenters. The number of thiazole rings is 1. The van der Waals surface area contributed by atoms with Gasteiger partial charge < -0.3 is 14.2 Å².